The van der Waals surface area contributed by atoms with E-state index in [2.05, 4.69) is 22.4 Å². The minimum absolute atomic E-state index is 0.720. The fourth-order valence-corrected chi connectivity index (χ4v) is 2.60. The minimum Gasteiger partial charge on any atom is -0.374 e. The predicted octanol–water partition coefficient (Wildman–Crippen LogP) is 2.38. The van der Waals surface area contributed by atoms with Crippen molar-refractivity contribution >= 4 is 11.5 Å². The van der Waals surface area contributed by atoms with Crippen LogP contribution in [0.25, 0.3) is 0 Å². The van der Waals surface area contributed by atoms with Crippen LogP contribution in [0.15, 0.2) is 18.3 Å². The van der Waals surface area contributed by atoms with Crippen LogP contribution in [0.2, 0.25) is 0 Å². The Kier molecular flexibility index (Phi) is 4.20. The molecule has 1 aromatic rings. The lowest BCUT2D eigenvalue weighted by Gasteiger charge is -2.28. The Morgan fingerprint density at radius 2 is 2.18 bits per heavy atom. The van der Waals surface area contributed by atoms with Crippen molar-refractivity contribution in [3.63, 3.8) is 0 Å². The first-order chi connectivity index (χ1) is 8.29. The number of anilines is 2. The van der Waals surface area contributed by atoms with Crippen molar-refractivity contribution in [1.29, 1.82) is 0 Å². The molecule has 2 rings (SSSR count). The predicted molar refractivity (Wildman–Crippen MR) is 71.9 cm³/mol. The van der Waals surface area contributed by atoms with E-state index >= 15 is 0 Å². The van der Waals surface area contributed by atoms with Gasteiger partial charge in [-0.25, -0.2) is 10.8 Å². The van der Waals surface area contributed by atoms with Gasteiger partial charge >= 0.3 is 0 Å². The van der Waals surface area contributed by atoms with Crippen molar-refractivity contribution in [3.05, 3.63) is 18.3 Å². The van der Waals surface area contributed by atoms with Gasteiger partial charge in [0.25, 0.3) is 0 Å². The van der Waals surface area contributed by atoms with E-state index in [4.69, 9.17) is 5.84 Å². The second kappa shape index (κ2) is 5.87. The number of hydrogen-bond acceptors (Lipinski definition) is 4. The average molecular weight is 234 g/mol. The van der Waals surface area contributed by atoms with Gasteiger partial charge in [0.1, 0.15) is 5.82 Å². The van der Waals surface area contributed by atoms with Gasteiger partial charge in [0, 0.05) is 31.5 Å². The van der Waals surface area contributed by atoms with Crippen LogP contribution in [-0.2, 0) is 0 Å². The third-order valence-corrected chi connectivity index (χ3v) is 3.59. The number of rotatable bonds is 4. The van der Waals surface area contributed by atoms with Crippen molar-refractivity contribution in [2.45, 2.75) is 32.1 Å². The quantitative estimate of drug-likeness (QED) is 0.620. The molecule has 0 radical (unpaired) electrons. The fourth-order valence-electron chi connectivity index (χ4n) is 2.60. The number of nitrogens with two attached hydrogens (primary N) is 1. The van der Waals surface area contributed by atoms with Crippen LogP contribution in [0.1, 0.15) is 32.1 Å². The number of hydrogen-bond donors (Lipinski definition) is 2. The van der Waals surface area contributed by atoms with Gasteiger partial charge in [-0.05, 0) is 24.8 Å². The molecule has 4 heteroatoms. The fraction of sp³-hybridized carbons (Fsp3) is 0.615. The number of pyridine rings is 1. The van der Waals surface area contributed by atoms with Crippen molar-refractivity contribution in [1.82, 2.24) is 4.98 Å². The smallest absolute Gasteiger partial charge is 0.141 e. The molecule has 0 bridgehead atoms. The van der Waals surface area contributed by atoms with Gasteiger partial charge in [0.15, 0.2) is 0 Å². The maximum absolute atomic E-state index is 5.37. The highest BCUT2D eigenvalue weighted by molar-refractivity contribution is 5.52. The van der Waals surface area contributed by atoms with Crippen LogP contribution >= 0.6 is 0 Å². The number of hydrazine groups is 1. The Balaban J connectivity index is 1.95. The van der Waals surface area contributed by atoms with Crippen LogP contribution in [0.3, 0.4) is 0 Å². The van der Waals surface area contributed by atoms with Crippen LogP contribution < -0.4 is 16.2 Å². The second-order valence-corrected chi connectivity index (χ2v) is 4.93. The summed E-state index contributed by atoms with van der Waals surface area (Å²) in [4.78, 5) is 6.43. The molecular weight excluding hydrogens is 212 g/mol. The van der Waals surface area contributed by atoms with Crippen molar-refractivity contribution in [3.8, 4) is 0 Å². The molecule has 17 heavy (non-hydrogen) atoms. The molecule has 1 saturated carbocycles. The van der Waals surface area contributed by atoms with E-state index in [-0.39, 0.29) is 0 Å². The number of nitrogens with one attached hydrogen (secondary N) is 1. The number of nitrogens with zero attached hydrogens (tertiary/aromatic N) is 2. The lowest BCUT2D eigenvalue weighted by Crippen LogP contribution is -2.27. The molecule has 0 saturated heterocycles. The van der Waals surface area contributed by atoms with E-state index < -0.39 is 0 Å². The summed E-state index contributed by atoms with van der Waals surface area (Å²) in [6.45, 7) is 1.13. The molecule has 3 N–H and O–H groups in total. The zero-order valence-corrected chi connectivity index (χ0v) is 10.5. The maximum atomic E-state index is 5.37. The van der Waals surface area contributed by atoms with E-state index in [9.17, 15) is 0 Å². The molecule has 4 nitrogen and oxygen atoms in total. The molecule has 0 spiro atoms. The van der Waals surface area contributed by atoms with Crippen LogP contribution in [-0.4, -0.2) is 18.6 Å². The highest BCUT2D eigenvalue weighted by Crippen LogP contribution is 2.26. The Morgan fingerprint density at radius 3 is 2.88 bits per heavy atom. The molecule has 0 aliphatic heterocycles. The van der Waals surface area contributed by atoms with Crippen LogP contribution in [0, 0.1) is 5.92 Å². The van der Waals surface area contributed by atoms with Gasteiger partial charge in [-0.15, -0.1) is 0 Å². The van der Waals surface area contributed by atoms with Gasteiger partial charge < -0.3 is 10.3 Å². The summed E-state index contributed by atoms with van der Waals surface area (Å²) in [6.07, 6.45) is 8.74. The SMILES string of the molecule is CN(CC1CCCCC1)c1ccnc(NN)c1. The van der Waals surface area contributed by atoms with Gasteiger partial charge in [-0.2, -0.15) is 0 Å². The molecule has 1 fully saturated rings. The largest absolute Gasteiger partial charge is 0.374 e. The molecule has 0 amide bonds. The van der Waals surface area contributed by atoms with Crippen molar-refractivity contribution < 1.29 is 0 Å². The van der Waals surface area contributed by atoms with Crippen LogP contribution in [0.4, 0.5) is 11.5 Å². The van der Waals surface area contributed by atoms with Crippen molar-refractivity contribution in [2.24, 2.45) is 11.8 Å². The first-order valence-corrected chi connectivity index (χ1v) is 6.43. The average Bonchev–Trinajstić information content (AvgIpc) is 2.40. The Labute approximate surface area is 103 Å². The lowest BCUT2D eigenvalue weighted by atomic mass is 9.89. The van der Waals surface area contributed by atoms with Crippen molar-refractivity contribution in [2.75, 3.05) is 23.9 Å². The first-order valence-electron chi connectivity index (χ1n) is 6.43. The van der Waals surface area contributed by atoms with E-state index in [1.54, 1.807) is 6.20 Å². The second-order valence-electron chi connectivity index (χ2n) is 4.93. The Hall–Kier alpha value is -1.29. The van der Waals surface area contributed by atoms with Gasteiger partial charge in [0.05, 0.1) is 0 Å². The molecule has 94 valence electrons. The van der Waals surface area contributed by atoms with E-state index in [0.29, 0.717) is 0 Å². The van der Waals surface area contributed by atoms with Gasteiger partial charge in [0.2, 0.25) is 0 Å². The monoisotopic (exact) mass is 234 g/mol. The summed E-state index contributed by atoms with van der Waals surface area (Å²) in [5.41, 5.74) is 3.77. The molecule has 1 aromatic heterocycles. The van der Waals surface area contributed by atoms with Gasteiger partial charge in [-0.3, -0.25) is 0 Å². The Bertz CT molecular complexity index is 347. The molecular formula is C13H22N4. The van der Waals surface area contributed by atoms with E-state index in [0.717, 1.165) is 18.3 Å². The Morgan fingerprint density at radius 1 is 1.41 bits per heavy atom. The van der Waals surface area contributed by atoms with Crippen LogP contribution in [0.5, 0.6) is 0 Å². The third kappa shape index (κ3) is 3.33. The normalized spacial score (nSPS) is 16.8. The maximum Gasteiger partial charge on any atom is 0.141 e. The molecule has 1 aliphatic carbocycles. The zero-order chi connectivity index (χ0) is 12.1. The minimum atomic E-state index is 0.720. The molecule has 1 heterocycles. The van der Waals surface area contributed by atoms with Gasteiger partial charge in [-0.1, -0.05) is 19.3 Å². The summed E-state index contributed by atoms with van der Waals surface area (Å²) in [5, 5.41) is 0. The summed E-state index contributed by atoms with van der Waals surface area (Å²) in [6, 6.07) is 4.02. The summed E-state index contributed by atoms with van der Waals surface area (Å²) in [7, 11) is 2.14. The summed E-state index contributed by atoms with van der Waals surface area (Å²) in [5.74, 6) is 6.94. The molecule has 1 aliphatic rings. The molecule has 0 atom stereocenters. The molecule has 0 unspecified atom stereocenters. The van der Waals surface area contributed by atoms with E-state index in [1.807, 2.05) is 12.1 Å². The highest BCUT2D eigenvalue weighted by Gasteiger charge is 2.15. The zero-order valence-electron chi connectivity index (χ0n) is 10.5. The summed E-state index contributed by atoms with van der Waals surface area (Å²) >= 11 is 0. The number of nitrogen functional groups attached to an aromatic ring is 1. The molecule has 0 aromatic carbocycles. The lowest BCUT2D eigenvalue weighted by molar-refractivity contribution is 0.362. The summed E-state index contributed by atoms with van der Waals surface area (Å²) < 4.78 is 0. The third-order valence-electron chi connectivity index (χ3n) is 3.59. The highest BCUT2D eigenvalue weighted by atomic mass is 15.2. The topological polar surface area (TPSA) is 54.2 Å². The standard InChI is InChI=1S/C13H22N4/c1-17(10-11-5-3-2-4-6-11)12-7-8-15-13(9-12)16-14/h7-9,11H,2-6,10,14H2,1H3,(H,15,16). The number of aromatic nitrogens is 1. The van der Waals surface area contributed by atoms with E-state index in [1.165, 1.54) is 37.8 Å². The first kappa shape index (κ1) is 12.2.